The largest absolute Gasteiger partial charge is 0.383 e. The van der Waals surface area contributed by atoms with E-state index < -0.39 is 0 Å². The molecule has 1 rings (SSSR count). The van der Waals surface area contributed by atoms with Crippen LogP contribution in [0.1, 0.15) is 20.3 Å². The SMILES string of the molecule is CCNCC(COC)N1CCC=C(C)C1. The Bertz CT molecular complexity index is 204. The van der Waals surface area contributed by atoms with Crippen LogP contribution in [0.2, 0.25) is 0 Å². The molecular formula is C12H24N2O. The van der Waals surface area contributed by atoms with E-state index in [1.54, 1.807) is 7.11 Å². The highest BCUT2D eigenvalue weighted by molar-refractivity contribution is 5.05. The zero-order valence-electron chi connectivity index (χ0n) is 10.3. The first kappa shape index (κ1) is 12.7. The molecule has 1 unspecified atom stereocenters. The highest BCUT2D eigenvalue weighted by Gasteiger charge is 2.19. The monoisotopic (exact) mass is 212 g/mol. The van der Waals surface area contributed by atoms with Crippen LogP contribution in [-0.2, 0) is 4.74 Å². The Labute approximate surface area is 93.5 Å². The second-order valence-electron chi connectivity index (χ2n) is 4.23. The van der Waals surface area contributed by atoms with Gasteiger partial charge in [0.1, 0.15) is 0 Å². The standard InChI is InChI=1S/C12H24N2O/c1-4-13-8-12(10-15-3)14-7-5-6-11(2)9-14/h6,12-13H,4-5,7-10H2,1-3H3. The molecule has 1 aliphatic rings. The molecule has 1 aliphatic heterocycles. The topological polar surface area (TPSA) is 24.5 Å². The smallest absolute Gasteiger partial charge is 0.0630 e. The number of rotatable bonds is 6. The Morgan fingerprint density at radius 2 is 2.40 bits per heavy atom. The maximum Gasteiger partial charge on any atom is 0.0630 e. The van der Waals surface area contributed by atoms with Crippen molar-refractivity contribution in [1.29, 1.82) is 0 Å². The third kappa shape index (κ3) is 4.33. The first-order chi connectivity index (χ1) is 7.27. The number of nitrogens with zero attached hydrogens (tertiary/aromatic N) is 1. The summed E-state index contributed by atoms with van der Waals surface area (Å²) >= 11 is 0. The zero-order chi connectivity index (χ0) is 11.1. The van der Waals surface area contributed by atoms with Gasteiger partial charge in [-0.25, -0.2) is 0 Å². The molecule has 0 saturated carbocycles. The van der Waals surface area contributed by atoms with Crippen LogP contribution in [-0.4, -0.2) is 50.8 Å². The fourth-order valence-corrected chi connectivity index (χ4v) is 2.05. The number of hydrogen-bond donors (Lipinski definition) is 1. The summed E-state index contributed by atoms with van der Waals surface area (Å²) in [5.74, 6) is 0. The van der Waals surface area contributed by atoms with Gasteiger partial charge in [-0.3, -0.25) is 4.90 Å². The summed E-state index contributed by atoms with van der Waals surface area (Å²) < 4.78 is 5.29. The van der Waals surface area contributed by atoms with Crippen molar-refractivity contribution in [3.63, 3.8) is 0 Å². The molecule has 1 heterocycles. The van der Waals surface area contributed by atoms with Crippen molar-refractivity contribution < 1.29 is 4.74 Å². The quantitative estimate of drug-likeness (QED) is 0.671. The van der Waals surface area contributed by atoms with Gasteiger partial charge >= 0.3 is 0 Å². The van der Waals surface area contributed by atoms with E-state index in [0.29, 0.717) is 6.04 Å². The molecule has 0 fully saturated rings. The number of nitrogens with one attached hydrogen (secondary N) is 1. The third-order valence-electron chi connectivity index (χ3n) is 2.87. The predicted molar refractivity (Wildman–Crippen MR) is 64.2 cm³/mol. The van der Waals surface area contributed by atoms with E-state index in [9.17, 15) is 0 Å². The number of likely N-dealkylation sites (N-methyl/N-ethyl adjacent to an activating group) is 1. The first-order valence-corrected chi connectivity index (χ1v) is 5.87. The van der Waals surface area contributed by atoms with Crippen molar-refractivity contribution in [3.8, 4) is 0 Å². The maximum atomic E-state index is 5.29. The van der Waals surface area contributed by atoms with Crippen LogP contribution in [0.4, 0.5) is 0 Å². The molecule has 1 N–H and O–H groups in total. The zero-order valence-corrected chi connectivity index (χ0v) is 10.3. The lowest BCUT2D eigenvalue weighted by atomic mass is 10.1. The number of hydrogen-bond acceptors (Lipinski definition) is 3. The van der Waals surface area contributed by atoms with Crippen LogP contribution in [0.25, 0.3) is 0 Å². The lowest BCUT2D eigenvalue weighted by Gasteiger charge is -2.33. The molecule has 88 valence electrons. The Hall–Kier alpha value is -0.380. The van der Waals surface area contributed by atoms with E-state index in [1.807, 2.05) is 0 Å². The van der Waals surface area contributed by atoms with Crippen molar-refractivity contribution in [2.45, 2.75) is 26.3 Å². The number of methoxy groups -OCH3 is 1. The van der Waals surface area contributed by atoms with Crippen molar-refractivity contribution >= 4 is 0 Å². The van der Waals surface area contributed by atoms with Gasteiger partial charge in [-0.15, -0.1) is 0 Å². The van der Waals surface area contributed by atoms with Crippen LogP contribution in [0.15, 0.2) is 11.6 Å². The molecule has 0 aromatic carbocycles. The van der Waals surface area contributed by atoms with Crippen LogP contribution in [0.3, 0.4) is 0 Å². The molecule has 3 nitrogen and oxygen atoms in total. The molecular weight excluding hydrogens is 188 g/mol. The summed E-state index contributed by atoms with van der Waals surface area (Å²) in [6.07, 6.45) is 3.52. The van der Waals surface area contributed by atoms with Crippen LogP contribution in [0, 0.1) is 0 Å². The van der Waals surface area contributed by atoms with E-state index in [1.165, 1.54) is 12.0 Å². The lowest BCUT2D eigenvalue weighted by molar-refractivity contribution is 0.0934. The minimum absolute atomic E-state index is 0.513. The average Bonchev–Trinajstić information content (AvgIpc) is 2.24. The highest BCUT2D eigenvalue weighted by Crippen LogP contribution is 2.12. The van der Waals surface area contributed by atoms with Gasteiger partial charge in [0, 0.05) is 32.8 Å². The van der Waals surface area contributed by atoms with Crippen LogP contribution in [0.5, 0.6) is 0 Å². The van der Waals surface area contributed by atoms with Gasteiger partial charge in [0.2, 0.25) is 0 Å². The van der Waals surface area contributed by atoms with E-state index >= 15 is 0 Å². The molecule has 1 atom stereocenters. The van der Waals surface area contributed by atoms with E-state index in [4.69, 9.17) is 4.74 Å². The Morgan fingerprint density at radius 3 is 3.00 bits per heavy atom. The summed E-state index contributed by atoms with van der Waals surface area (Å²) in [5, 5.41) is 3.40. The van der Waals surface area contributed by atoms with Crippen molar-refractivity contribution in [2.24, 2.45) is 0 Å². The first-order valence-electron chi connectivity index (χ1n) is 5.87. The molecule has 0 aliphatic carbocycles. The minimum atomic E-state index is 0.513. The van der Waals surface area contributed by atoms with Crippen molar-refractivity contribution in [3.05, 3.63) is 11.6 Å². The fraction of sp³-hybridized carbons (Fsp3) is 0.833. The van der Waals surface area contributed by atoms with Crippen LogP contribution < -0.4 is 5.32 Å². The Kier molecular flexibility index (Phi) is 5.91. The second-order valence-corrected chi connectivity index (χ2v) is 4.23. The summed E-state index contributed by atoms with van der Waals surface area (Å²) in [4.78, 5) is 2.52. The van der Waals surface area contributed by atoms with Gasteiger partial charge < -0.3 is 10.1 Å². The molecule has 0 bridgehead atoms. The average molecular weight is 212 g/mol. The van der Waals surface area contributed by atoms with E-state index in [2.05, 4.69) is 30.1 Å². The molecule has 0 saturated heterocycles. The fourth-order valence-electron chi connectivity index (χ4n) is 2.05. The minimum Gasteiger partial charge on any atom is -0.383 e. The molecule has 0 spiro atoms. The van der Waals surface area contributed by atoms with Gasteiger partial charge in [0.25, 0.3) is 0 Å². The van der Waals surface area contributed by atoms with Crippen LogP contribution >= 0.6 is 0 Å². The van der Waals surface area contributed by atoms with Gasteiger partial charge in [-0.2, -0.15) is 0 Å². The molecule has 0 radical (unpaired) electrons. The summed E-state index contributed by atoms with van der Waals surface area (Å²) in [6, 6.07) is 0.513. The third-order valence-corrected chi connectivity index (χ3v) is 2.87. The Morgan fingerprint density at radius 1 is 1.60 bits per heavy atom. The maximum absolute atomic E-state index is 5.29. The van der Waals surface area contributed by atoms with Gasteiger partial charge in [-0.1, -0.05) is 18.6 Å². The lowest BCUT2D eigenvalue weighted by Crippen LogP contribution is -2.47. The summed E-state index contributed by atoms with van der Waals surface area (Å²) in [7, 11) is 1.78. The predicted octanol–water partition coefficient (Wildman–Crippen LogP) is 1.26. The van der Waals surface area contributed by atoms with Crippen molar-refractivity contribution in [1.82, 2.24) is 10.2 Å². The Balaban J connectivity index is 2.43. The van der Waals surface area contributed by atoms with Crippen molar-refractivity contribution in [2.75, 3.05) is 39.9 Å². The molecule has 3 heteroatoms. The number of ether oxygens (including phenoxy) is 1. The highest BCUT2D eigenvalue weighted by atomic mass is 16.5. The molecule has 0 amide bonds. The summed E-state index contributed by atoms with van der Waals surface area (Å²) in [6.45, 7) is 9.49. The molecule has 15 heavy (non-hydrogen) atoms. The van der Waals surface area contributed by atoms with E-state index in [-0.39, 0.29) is 0 Å². The van der Waals surface area contributed by atoms with Gasteiger partial charge in [0.05, 0.1) is 6.61 Å². The normalized spacial score (nSPS) is 20.1. The molecule has 0 aromatic rings. The summed E-state index contributed by atoms with van der Waals surface area (Å²) in [5.41, 5.74) is 1.49. The van der Waals surface area contributed by atoms with Gasteiger partial charge in [0.15, 0.2) is 0 Å². The van der Waals surface area contributed by atoms with Gasteiger partial charge in [-0.05, 0) is 19.9 Å². The second kappa shape index (κ2) is 6.99. The van der Waals surface area contributed by atoms with E-state index in [0.717, 1.165) is 32.8 Å². The molecule has 0 aromatic heterocycles.